The summed E-state index contributed by atoms with van der Waals surface area (Å²) in [4.78, 5) is 11.6. The maximum Gasteiger partial charge on any atom is 0.257 e. The molecule has 0 bridgehead atoms. The molecule has 0 unspecified atom stereocenters. The summed E-state index contributed by atoms with van der Waals surface area (Å²) in [7, 11) is 0. The standard InChI is InChI=1S/C15H22N2O3/c1-4-5-8-16-15(18)10-20-14-7-6-11(2)9-13(14)12(3)17-19/h6-7,9,19H,4-5,8,10H2,1-3H3,(H,16,18). The summed E-state index contributed by atoms with van der Waals surface area (Å²) < 4.78 is 5.50. The Bertz CT molecular complexity index is 484. The van der Waals surface area contributed by atoms with Crippen LogP contribution in [0, 0.1) is 6.92 Å². The van der Waals surface area contributed by atoms with Crippen molar-refractivity contribution in [2.45, 2.75) is 33.6 Å². The number of benzene rings is 1. The maximum absolute atomic E-state index is 11.6. The second-order valence-corrected chi connectivity index (χ2v) is 4.68. The smallest absolute Gasteiger partial charge is 0.257 e. The molecule has 110 valence electrons. The minimum absolute atomic E-state index is 0.0432. The predicted octanol–water partition coefficient (Wildman–Crippen LogP) is 2.49. The zero-order valence-corrected chi connectivity index (χ0v) is 12.3. The lowest BCUT2D eigenvalue weighted by molar-refractivity contribution is -0.123. The Morgan fingerprint density at radius 3 is 2.85 bits per heavy atom. The third-order valence-corrected chi connectivity index (χ3v) is 2.89. The van der Waals surface area contributed by atoms with Crippen LogP contribution in [0.5, 0.6) is 5.75 Å². The Morgan fingerprint density at radius 2 is 2.20 bits per heavy atom. The summed E-state index contributed by atoms with van der Waals surface area (Å²) in [6.07, 6.45) is 1.99. The molecule has 0 spiro atoms. The Labute approximate surface area is 119 Å². The molecule has 0 saturated heterocycles. The normalized spacial score (nSPS) is 11.2. The highest BCUT2D eigenvalue weighted by atomic mass is 16.5. The van der Waals surface area contributed by atoms with E-state index in [1.54, 1.807) is 13.0 Å². The van der Waals surface area contributed by atoms with Crippen molar-refractivity contribution in [3.8, 4) is 5.75 Å². The highest BCUT2D eigenvalue weighted by Gasteiger charge is 2.10. The fourth-order valence-electron chi connectivity index (χ4n) is 1.71. The number of nitrogens with zero attached hydrogens (tertiary/aromatic N) is 1. The number of aryl methyl sites for hydroxylation is 1. The zero-order chi connectivity index (χ0) is 15.0. The van der Waals surface area contributed by atoms with Crippen molar-refractivity contribution in [2.75, 3.05) is 13.2 Å². The number of ether oxygens (including phenoxy) is 1. The molecule has 0 atom stereocenters. The molecule has 1 aromatic rings. The van der Waals surface area contributed by atoms with Gasteiger partial charge >= 0.3 is 0 Å². The van der Waals surface area contributed by atoms with Gasteiger partial charge < -0.3 is 15.3 Å². The first-order valence-electron chi connectivity index (χ1n) is 6.77. The molecule has 5 nitrogen and oxygen atoms in total. The SMILES string of the molecule is CCCCNC(=O)COc1ccc(C)cc1C(C)=NO. The summed E-state index contributed by atoms with van der Waals surface area (Å²) >= 11 is 0. The summed E-state index contributed by atoms with van der Waals surface area (Å²) in [5, 5.41) is 14.8. The molecular weight excluding hydrogens is 256 g/mol. The topological polar surface area (TPSA) is 70.9 Å². The van der Waals surface area contributed by atoms with E-state index in [0.717, 1.165) is 18.4 Å². The molecule has 1 aromatic carbocycles. The molecule has 0 aromatic heterocycles. The molecule has 1 amide bonds. The lowest BCUT2D eigenvalue weighted by Crippen LogP contribution is -2.29. The molecule has 2 N–H and O–H groups in total. The monoisotopic (exact) mass is 278 g/mol. The Hall–Kier alpha value is -2.04. The lowest BCUT2D eigenvalue weighted by Gasteiger charge is -2.11. The first-order chi connectivity index (χ1) is 9.58. The fraction of sp³-hybridized carbons (Fsp3) is 0.467. The van der Waals surface area contributed by atoms with Crippen LogP contribution in [0.25, 0.3) is 0 Å². The van der Waals surface area contributed by atoms with Crippen LogP contribution in [0.3, 0.4) is 0 Å². The van der Waals surface area contributed by atoms with Gasteiger partial charge in [-0.15, -0.1) is 0 Å². The third kappa shape index (κ3) is 4.91. The third-order valence-electron chi connectivity index (χ3n) is 2.89. The first-order valence-corrected chi connectivity index (χ1v) is 6.77. The number of carbonyl (C=O) groups is 1. The van der Waals surface area contributed by atoms with Crippen LogP contribution in [-0.4, -0.2) is 30.0 Å². The number of nitrogens with one attached hydrogen (secondary N) is 1. The number of amides is 1. The first kappa shape index (κ1) is 16.0. The van der Waals surface area contributed by atoms with E-state index in [4.69, 9.17) is 9.94 Å². The van der Waals surface area contributed by atoms with Crippen LogP contribution in [0.1, 0.15) is 37.8 Å². The van der Waals surface area contributed by atoms with E-state index in [2.05, 4.69) is 17.4 Å². The van der Waals surface area contributed by atoms with Crippen LogP contribution in [0.4, 0.5) is 0 Å². The van der Waals surface area contributed by atoms with Crippen molar-refractivity contribution in [3.05, 3.63) is 29.3 Å². The van der Waals surface area contributed by atoms with Crippen molar-refractivity contribution in [1.82, 2.24) is 5.32 Å². The quantitative estimate of drug-likeness (QED) is 0.348. The van der Waals surface area contributed by atoms with E-state index in [0.29, 0.717) is 23.6 Å². The van der Waals surface area contributed by atoms with Crippen LogP contribution in [-0.2, 0) is 4.79 Å². The van der Waals surface area contributed by atoms with Gasteiger partial charge in [0.25, 0.3) is 5.91 Å². The van der Waals surface area contributed by atoms with E-state index in [1.165, 1.54) is 0 Å². The largest absolute Gasteiger partial charge is 0.483 e. The molecule has 0 aliphatic rings. The molecule has 0 saturated carbocycles. The Kier molecular flexibility index (Phi) is 6.56. The average Bonchev–Trinajstić information content (AvgIpc) is 2.45. The van der Waals surface area contributed by atoms with Crippen LogP contribution < -0.4 is 10.1 Å². The summed E-state index contributed by atoms with van der Waals surface area (Å²) in [5.41, 5.74) is 2.17. The molecule has 20 heavy (non-hydrogen) atoms. The van der Waals surface area contributed by atoms with Gasteiger partial charge in [-0.3, -0.25) is 4.79 Å². The second kappa shape index (κ2) is 8.19. The van der Waals surface area contributed by atoms with Gasteiger partial charge in [0.05, 0.1) is 5.71 Å². The molecule has 0 radical (unpaired) electrons. The van der Waals surface area contributed by atoms with Gasteiger partial charge in [-0.2, -0.15) is 0 Å². The second-order valence-electron chi connectivity index (χ2n) is 4.68. The summed E-state index contributed by atoms with van der Waals surface area (Å²) in [6, 6.07) is 5.52. The van der Waals surface area contributed by atoms with Crippen LogP contribution in [0.15, 0.2) is 23.4 Å². The average molecular weight is 278 g/mol. The van der Waals surface area contributed by atoms with Gasteiger partial charge in [-0.05, 0) is 32.4 Å². The van der Waals surface area contributed by atoms with Gasteiger partial charge in [-0.25, -0.2) is 0 Å². The van der Waals surface area contributed by atoms with Crippen molar-refractivity contribution < 1.29 is 14.7 Å². The van der Waals surface area contributed by atoms with Crippen molar-refractivity contribution in [3.63, 3.8) is 0 Å². The molecule has 0 aliphatic carbocycles. The number of carbonyl (C=O) groups excluding carboxylic acids is 1. The van der Waals surface area contributed by atoms with E-state index >= 15 is 0 Å². The maximum atomic E-state index is 11.6. The summed E-state index contributed by atoms with van der Waals surface area (Å²) in [6.45, 7) is 6.31. The minimum Gasteiger partial charge on any atom is -0.483 e. The van der Waals surface area contributed by atoms with Crippen LogP contribution >= 0.6 is 0 Å². The molecule has 5 heteroatoms. The van der Waals surface area contributed by atoms with E-state index in [9.17, 15) is 4.79 Å². The summed E-state index contributed by atoms with van der Waals surface area (Å²) in [5.74, 6) is 0.389. The van der Waals surface area contributed by atoms with E-state index in [-0.39, 0.29) is 12.5 Å². The van der Waals surface area contributed by atoms with Gasteiger partial charge in [0.2, 0.25) is 0 Å². The Morgan fingerprint density at radius 1 is 1.45 bits per heavy atom. The van der Waals surface area contributed by atoms with Gasteiger partial charge in [0, 0.05) is 12.1 Å². The Balaban J connectivity index is 2.66. The highest BCUT2D eigenvalue weighted by molar-refractivity contribution is 6.01. The molecule has 0 heterocycles. The molecular formula is C15H22N2O3. The fourth-order valence-corrected chi connectivity index (χ4v) is 1.71. The predicted molar refractivity (Wildman–Crippen MR) is 78.6 cm³/mol. The zero-order valence-electron chi connectivity index (χ0n) is 12.3. The van der Waals surface area contributed by atoms with Gasteiger partial charge in [-0.1, -0.05) is 30.1 Å². The van der Waals surface area contributed by atoms with Crippen molar-refractivity contribution >= 4 is 11.6 Å². The van der Waals surface area contributed by atoms with Gasteiger partial charge in [0.15, 0.2) is 6.61 Å². The number of unbranched alkanes of at least 4 members (excludes halogenated alkanes) is 1. The van der Waals surface area contributed by atoms with Crippen molar-refractivity contribution in [1.29, 1.82) is 0 Å². The number of hydrogen-bond donors (Lipinski definition) is 2. The van der Waals surface area contributed by atoms with Crippen LogP contribution in [0.2, 0.25) is 0 Å². The number of hydrogen-bond acceptors (Lipinski definition) is 4. The van der Waals surface area contributed by atoms with Crippen molar-refractivity contribution in [2.24, 2.45) is 5.16 Å². The highest BCUT2D eigenvalue weighted by Crippen LogP contribution is 2.20. The lowest BCUT2D eigenvalue weighted by atomic mass is 10.1. The van der Waals surface area contributed by atoms with E-state index in [1.807, 2.05) is 19.1 Å². The van der Waals surface area contributed by atoms with E-state index < -0.39 is 0 Å². The minimum atomic E-state index is -0.149. The van der Waals surface area contributed by atoms with Gasteiger partial charge in [0.1, 0.15) is 5.75 Å². The molecule has 1 rings (SSSR count). The molecule has 0 fully saturated rings. The molecule has 0 aliphatic heterocycles. The number of rotatable bonds is 7. The number of oxime groups is 1.